The van der Waals surface area contributed by atoms with Crippen LogP contribution in [-0.2, 0) is 12.8 Å². The van der Waals surface area contributed by atoms with Gasteiger partial charge in [0.05, 0.1) is 10.7 Å². The summed E-state index contributed by atoms with van der Waals surface area (Å²) in [5, 5.41) is 3.45. The van der Waals surface area contributed by atoms with E-state index < -0.39 is 0 Å². The zero-order valence-electron chi connectivity index (χ0n) is 10.0. The zero-order valence-corrected chi connectivity index (χ0v) is 10.9. The van der Waals surface area contributed by atoms with Gasteiger partial charge in [-0.3, -0.25) is 0 Å². The van der Waals surface area contributed by atoms with Gasteiger partial charge in [-0.2, -0.15) is 0 Å². The minimum absolute atomic E-state index is 0.0382. The van der Waals surface area contributed by atoms with E-state index in [0.29, 0.717) is 0 Å². The molecule has 1 aromatic heterocycles. The monoisotopic (exact) mass is 226 g/mol. The molecule has 0 saturated carbocycles. The van der Waals surface area contributed by atoms with Crippen LogP contribution in [0.15, 0.2) is 5.38 Å². The van der Waals surface area contributed by atoms with E-state index in [1.807, 2.05) is 0 Å². The predicted molar refractivity (Wildman–Crippen MR) is 67.3 cm³/mol. The number of rotatable bonds is 6. The third-order valence-corrected chi connectivity index (χ3v) is 3.27. The van der Waals surface area contributed by atoms with Crippen LogP contribution in [0.25, 0.3) is 0 Å². The summed E-state index contributed by atoms with van der Waals surface area (Å²) < 4.78 is 0. The highest BCUT2D eigenvalue weighted by atomic mass is 32.1. The molecule has 0 aliphatic carbocycles. The predicted octanol–water partition coefficient (Wildman–Crippen LogP) is 3.16. The molecule has 1 rings (SSSR count). The Morgan fingerprint density at radius 1 is 1.40 bits per heavy atom. The van der Waals surface area contributed by atoms with Gasteiger partial charge in [0.15, 0.2) is 0 Å². The van der Waals surface area contributed by atoms with Crippen molar-refractivity contribution in [2.24, 2.45) is 5.73 Å². The lowest BCUT2D eigenvalue weighted by Crippen LogP contribution is -2.31. The highest BCUT2D eigenvalue weighted by Gasteiger charge is 2.10. The van der Waals surface area contributed by atoms with E-state index in [-0.39, 0.29) is 5.54 Å². The van der Waals surface area contributed by atoms with Crippen LogP contribution >= 0.6 is 11.3 Å². The smallest absolute Gasteiger partial charge is 0.0928 e. The molecule has 1 heterocycles. The molecule has 0 saturated heterocycles. The van der Waals surface area contributed by atoms with Crippen molar-refractivity contribution in [1.82, 2.24) is 4.98 Å². The average molecular weight is 226 g/mol. The van der Waals surface area contributed by atoms with Gasteiger partial charge in [0.1, 0.15) is 0 Å². The third-order valence-electron chi connectivity index (χ3n) is 2.32. The van der Waals surface area contributed by atoms with E-state index in [1.54, 1.807) is 11.3 Å². The molecule has 0 amide bonds. The van der Waals surface area contributed by atoms with Gasteiger partial charge in [-0.25, -0.2) is 4.98 Å². The van der Waals surface area contributed by atoms with Crippen LogP contribution in [0.1, 0.15) is 50.7 Å². The van der Waals surface area contributed by atoms with Crippen LogP contribution in [0, 0.1) is 0 Å². The maximum absolute atomic E-state index is 5.94. The normalized spacial score (nSPS) is 12.0. The molecule has 1 aromatic rings. The number of hydrogen-bond acceptors (Lipinski definition) is 3. The first kappa shape index (κ1) is 12.7. The molecular weight excluding hydrogens is 204 g/mol. The Balaban J connectivity index is 2.31. The maximum Gasteiger partial charge on any atom is 0.0928 e. The highest BCUT2D eigenvalue weighted by molar-refractivity contribution is 7.09. The van der Waals surface area contributed by atoms with Gasteiger partial charge in [-0.05, 0) is 39.5 Å². The summed E-state index contributed by atoms with van der Waals surface area (Å²) in [5.74, 6) is 0. The number of nitrogens with zero attached hydrogens (tertiary/aromatic N) is 1. The second kappa shape index (κ2) is 5.61. The van der Waals surface area contributed by atoms with Crippen molar-refractivity contribution in [1.29, 1.82) is 0 Å². The Labute approximate surface area is 96.9 Å². The van der Waals surface area contributed by atoms with Gasteiger partial charge in [0.2, 0.25) is 0 Å². The number of thiazole rings is 1. The maximum atomic E-state index is 5.94. The van der Waals surface area contributed by atoms with E-state index >= 15 is 0 Å². The summed E-state index contributed by atoms with van der Waals surface area (Å²) in [7, 11) is 0. The molecule has 0 unspecified atom stereocenters. The number of aromatic nitrogens is 1. The standard InChI is InChI=1S/C12H22N2S/c1-4-6-10-9-15-11(14-10)7-5-8-12(2,3)13/h9H,4-8,13H2,1-3H3. The lowest BCUT2D eigenvalue weighted by atomic mass is 9.99. The van der Waals surface area contributed by atoms with Gasteiger partial charge in [0.25, 0.3) is 0 Å². The van der Waals surface area contributed by atoms with Crippen LogP contribution in [0.2, 0.25) is 0 Å². The summed E-state index contributed by atoms with van der Waals surface area (Å²) in [6.45, 7) is 6.35. The van der Waals surface area contributed by atoms with E-state index in [0.717, 1.165) is 25.7 Å². The molecule has 2 nitrogen and oxygen atoms in total. The van der Waals surface area contributed by atoms with Gasteiger partial charge in [-0.15, -0.1) is 11.3 Å². The highest BCUT2D eigenvalue weighted by Crippen LogP contribution is 2.16. The number of hydrogen-bond donors (Lipinski definition) is 1. The summed E-state index contributed by atoms with van der Waals surface area (Å²) in [6.07, 6.45) is 5.57. The van der Waals surface area contributed by atoms with E-state index in [2.05, 4.69) is 31.1 Å². The quantitative estimate of drug-likeness (QED) is 0.809. The number of aryl methyl sites for hydroxylation is 2. The summed E-state index contributed by atoms with van der Waals surface area (Å²) in [6, 6.07) is 0. The lowest BCUT2D eigenvalue weighted by Gasteiger charge is -2.17. The SMILES string of the molecule is CCCc1csc(CCCC(C)(C)N)n1. The molecule has 0 fully saturated rings. The van der Waals surface area contributed by atoms with Crippen molar-refractivity contribution < 1.29 is 0 Å². The van der Waals surface area contributed by atoms with Gasteiger partial charge >= 0.3 is 0 Å². The Bertz CT molecular complexity index is 286. The van der Waals surface area contributed by atoms with Crippen LogP contribution < -0.4 is 5.73 Å². The Hall–Kier alpha value is -0.410. The Morgan fingerprint density at radius 3 is 2.73 bits per heavy atom. The van der Waals surface area contributed by atoms with Crippen molar-refractivity contribution in [2.75, 3.05) is 0 Å². The van der Waals surface area contributed by atoms with Crippen molar-refractivity contribution in [2.45, 2.75) is 58.4 Å². The van der Waals surface area contributed by atoms with Gasteiger partial charge in [0, 0.05) is 10.9 Å². The fourth-order valence-electron chi connectivity index (χ4n) is 1.53. The second-order valence-corrected chi connectivity index (χ2v) is 5.77. The molecule has 0 radical (unpaired) electrons. The molecule has 0 aliphatic heterocycles. The molecule has 86 valence electrons. The topological polar surface area (TPSA) is 38.9 Å². The molecule has 3 heteroatoms. The number of nitrogens with two attached hydrogens (primary N) is 1. The minimum Gasteiger partial charge on any atom is -0.326 e. The van der Waals surface area contributed by atoms with E-state index in [4.69, 9.17) is 5.73 Å². The van der Waals surface area contributed by atoms with Crippen molar-refractivity contribution >= 4 is 11.3 Å². The van der Waals surface area contributed by atoms with Crippen molar-refractivity contribution in [3.63, 3.8) is 0 Å². The summed E-state index contributed by atoms with van der Waals surface area (Å²) >= 11 is 1.79. The first-order chi connectivity index (χ1) is 7.01. The van der Waals surface area contributed by atoms with Crippen LogP contribution in [0.5, 0.6) is 0 Å². The van der Waals surface area contributed by atoms with Gasteiger partial charge < -0.3 is 5.73 Å². The molecule has 0 spiro atoms. The third kappa shape index (κ3) is 5.28. The first-order valence-electron chi connectivity index (χ1n) is 5.73. The largest absolute Gasteiger partial charge is 0.326 e. The molecule has 0 aromatic carbocycles. The van der Waals surface area contributed by atoms with Crippen LogP contribution in [0.4, 0.5) is 0 Å². The van der Waals surface area contributed by atoms with E-state index in [9.17, 15) is 0 Å². The van der Waals surface area contributed by atoms with Crippen molar-refractivity contribution in [3.8, 4) is 0 Å². The van der Waals surface area contributed by atoms with Crippen molar-refractivity contribution in [3.05, 3.63) is 16.1 Å². The Morgan fingerprint density at radius 2 is 2.13 bits per heavy atom. The second-order valence-electron chi connectivity index (χ2n) is 4.82. The zero-order chi connectivity index (χ0) is 11.3. The Kier molecular flexibility index (Phi) is 4.74. The first-order valence-corrected chi connectivity index (χ1v) is 6.61. The minimum atomic E-state index is -0.0382. The average Bonchev–Trinajstić information content (AvgIpc) is 2.51. The summed E-state index contributed by atoms with van der Waals surface area (Å²) in [5.41, 5.74) is 7.15. The molecule has 2 N–H and O–H groups in total. The molecule has 0 bridgehead atoms. The molecule has 0 atom stereocenters. The van der Waals surface area contributed by atoms with Crippen LogP contribution in [-0.4, -0.2) is 10.5 Å². The van der Waals surface area contributed by atoms with E-state index in [1.165, 1.54) is 17.1 Å². The molecule has 0 aliphatic rings. The van der Waals surface area contributed by atoms with Crippen LogP contribution in [0.3, 0.4) is 0 Å². The molecule has 15 heavy (non-hydrogen) atoms. The van der Waals surface area contributed by atoms with Gasteiger partial charge in [-0.1, -0.05) is 13.3 Å². The molecular formula is C12H22N2S. The lowest BCUT2D eigenvalue weighted by molar-refractivity contribution is 0.459. The fourth-order valence-corrected chi connectivity index (χ4v) is 2.40. The summed E-state index contributed by atoms with van der Waals surface area (Å²) in [4.78, 5) is 4.60. The fraction of sp³-hybridized carbons (Fsp3) is 0.750.